The summed E-state index contributed by atoms with van der Waals surface area (Å²) >= 11 is 6.67. The molecule has 10 heteroatoms. The standard InChI is InChI=1S/C18H15N5O3S2/c1-25-18(24)20-16-19-13-8-7-12(9-14(13)28-16)26-10-15-21-22-17(27)23(15)11-5-3-2-4-6-11/h2-9H,10H2,1H3,(H,22,27)(H,19,20,24). The molecule has 28 heavy (non-hydrogen) atoms. The summed E-state index contributed by atoms with van der Waals surface area (Å²) in [7, 11) is 1.31. The third kappa shape index (κ3) is 3.73. The monoisotopic (exact) mass is 413 g/mol. The number of rotatable bonds is 5. The van der Waals surface area contributed by atoms with E-state index in [4.69, 9.17) is 17.0 Å². The number of amides is 1. The molecule has 0 radical (unpaired) electrons. The lowest BCUT2D eigenvalue weighted by atomic mass is 10.3. The normalized spacial score (nSPS) is 10.8. The van der Waals surface area contributed by atoms with Crippen LogP contribution in [-0.2, 0) is 11.3 Å². The van der Waals surface area contributed by atoms with Gasteiger partial charge < -0.3 is 9.47 Å². The van der Waals surface area contributed by atoms with Crippen molar-refractivity contribution in [1.82, 2.24) is 19.7 Å². The number of carbonyl (C=O) groups excluding carboxylic acids is 1. The quantitative estimate of drug-likeness (QED) is 0.474. The van der Waals surface area contributed by atoms with Gasteiger partial charge in [0.2, 0.25) is 0 Å². The van der Waals surface area contributed by atoms with Crippen LogP contribution >= 0.6 is 23.6 Å². The van der Waals surface area contributed by atoms with E-state index in [9.17, 15) is 4.79 Å². The van der Waals surface area contributed by atoms with Crippen LogP contribution in [0.4, 0.5) is 9.93 Å². The van der Waals surface area contributed by atoms with Crippen LogP contribution in [0, 0.1) is 4.77 Å². The number of benzene rings is 2. The number of aromatic nitrogens is 4. The summed E-state index contributed by atoms with van der Waals surface area (Å²) in [5.41, 5.74) is 1.67. The Balaban J connectivity index is 1.54. The summed E-state index contributed by atoms with van der Waals surface area (Å²) in [6.07, 6.45) is -0.556. The van der Waals surface area contributed by atoms with Crippen LogP contribution in [0.15, 0.2) is 48.5 Å². The first-order valence-corrected chi connectivity index (χ1v) is 9.46. The van der Waals surface area contributed by atoms with E-state index in [0.29, 0.717) is 21.5 Å². The molecule has 142 valence electrons. The predicted octanol–water partition coefficient (Wildman–Crippen LogP) is 4.30. The Morgan fingerprint density at radius 2 is 2.11 bits per heavy atom. The van der Waals surface area contributed by atoms with Gasteiger partial charge in [0.15, 0.2) is 15.7 Å². The van der Waals surface area contributed by atoms with Crippen molar-refractivity contribution in [1.29, 1.82) is 0 Å². The number of hydrogen-bond acceptors (Lipinski definition) is 7. The molecule has 0 saturated heterocycles. The van der Waals surface area contributed by atoms with Crippen molar-refractivity contribution in [3.63, 3.8) is 0 Å². The first-order chi connectivity index (χ1) is 13.6. The third-order valence-corrected chi connectivity index (χ3v) is 5.09. The van der Waals surface area contributed by atoms with E-state index in [1.807, 2.05) is 53.1 Å². The second kappa shape index (κ2) is 7.79. The molecule has 4 aromatic rings. The fourth-order valence-electron chi connectivity index (χ4n) is 2.60. The zero-order chi connectivity index (χ0) is 19.5. The number of carbonyl (C=O) groups is 1. The highest BCUT2D eigenvalue weighted by Crippen LogP contribution is 2.29. The maximum Gasteiger partial charge on any atom is 0.413 e. The number of ether oxygens (including phenoxy) is 2. The van der Waals surface area contributed by atoms with E-state index >= 15 is 0 Å². The molecule has 2 heterocycles. The largest absolute Gasteiger partial charge is 0.486 e. The Morgan fingerprint density at radius 1 is 1.29 bits per heavy atom. The van der Waals surface area contributed by atoms with Crippen LogP contribution in [0.25, 0.3) is 15.9 Å². The number of fused-ring (bicyclic) bond motifs is 1. The molecule has 0 bridgehead atoms. The second-order valence-corrected chi connectivity index (χ2v) is 7.09. The van der Waals surface area contributed by atoms with Crippen molar-refractivity contribution in [2.75, 3.05) is 12.4 Å². The molecule has 0 atom stereocenters. The van der Waals surface area contributed by atoms with Gasteiger partial charge in [0.1, 0.15) is 12.4 Å². The molecule has 2 N–H and O–H groups in total. The summed E-state index contributed by atoms with van der Waals surface area (Å²) < 4.78 is 13.7. The first-order valence-electron chi connectivity index (χ1n) is 8.24. The van der Waals surface area contributed by atoms with Gasteiger partial charge in [-0.25, -0.2) is 9.78 Å². The van der Waals surface area contributed by atoms with Crippen LogP contribution in [0.5, 0.6) is 5.75 Å². The molecule has 0 spiro atoms. The molecule has 0 saturated carbocycles. The van der Waals surface area contributed by atoms with Gasteiger partial charge in [0.25, 0.3) is 0 Å². The van der Waals surface area contributed by atoms with Crippen LogP contribution in [0.1, 0.15) is 5.82 Å². The van der Waals surface area contributed by atoms with Gasteiger partial charge in [-0.3, -0.25) is 15.0 Å². The number of anilines is 1. The van der Waals surface area contributed by atoms with Crippen LogP contribution in [-0.4, -0.2) is 33.0 Å². The molecule has 0 fully saturated rings. The Labute approximate surface area is 168 Å². The number of thiazole rings is 1. The minimum absolute atomic E-state index is 0.236. The van der Waals surface area contributed by atoms with Crippen molar-refractivity contribution >= 4 is 45.0 Å². The summed E-state index contributed by atoms with van der Waals surface area (Å²) in [4.78, 5) is 15.7. The smallest absolute Gasteiger partial charge is 0.413 e. The van der Waals surface area contributed by atoms with E-state index in [1.165, 1.54) is 18.4 Å². The number of aromatic amines is 1. The first kappa shape index (κ1) is 18.1. The number of methoxy groups -OCH3 is 1. The summed E-state index contributed by atoms with van der Waals surface area (Å²) in [6.45, 7) is 0.236. The maximum atomic E-state index is 11.3. The van der Waals surface area contributed by atoms with Crippen molar-refractivity contribution < 1.29 is 14.3 Å². The van der Waals surface area contributed by atoms with Gasteiger partial charge >= 0.3 is 6.09 Å². The molecule has 2 aromatic heterocycles. The molecule has 1 amide bonds. The molecule has 8 nitrogen and oxygen atoms in total. The topological polar surface area (TPSA) is 94.1 Å². The predicted molar refractivity (Wildman–Crippen MR) is 109 cm³/mol. The second-order valence-electron chi connectivity index (χ2n) is 5.67. The molecule has 2 aromatic carbocycles. The molecule has 0 unspecified atom stereocenters. The van der Waals surface area contributed by atoms with Gasteiger partial charge in [-0.15, -0.1) is 0 Å². The Morgan fingerprint density at radius 3 is 2.89 bits per heavy atom. The SMILES string of the molecule is COC(=O)Nc1nc2ccc(OCc3n[nH]c(=S)n3-c3ccccc3)cc2s1. The van der Waals surface area contributed by atoms with E-state index in [2.05, 4.69) is 25.2 Å². The third-order valence-electron chi connectivity index (χ3n) is 3.88. The van der Waals surface area contributed by atoms with Crippen LogP contribution in [0.3, 0.4) is 0 Å². The zero-order valence-corrected chi connectivity index (χ0v) is 16.3. The Kier molecular flexibility index (Phi) is 5.04. The van der Waals surface area contributed by atoms with Crippen LogP contribution in [0.2, 0.25) is 0 Å². The molecule has 0 aliphatic rings. The fraction of sp³-hybridized carbons (Fsp3) is 0.111. The summed E-state index contributed by atoms with van der Waals surface area (Å²) in [5, 5.41) is 10.1. The van der Waals surface area contributed by atoms with E-state index in [-0.39, 0.29) is 6.61 Å². The van der Waals surface area contributed by atoms with Gasteiger partial charge in [-0.2, -0.15) is 5.10 Å². The summed E-state index contributed by atoms with van der Waals surface area (Å²) in [5.74, 6) is 1.32. The summed E-state index contributed by atoms with van der Waals surface area (Å²) in [6, 6.07) is 15.2. The van der Waals surface area contributed by atoms with E-state index in [1.54, 1.807) is 0 Å². The molecule has 0 aliphatic heterocycles. The average molecular weight is 413 g/mol. The lowest BCUT2D eigenvalue weighted by molar-refractivity contribution is 0.187. The van der Waals surface area contributed by atoms with E-state index in [0.717, 1.165) is 15.9 Å². The highest BCUT2D eigenvalue weighted by atomic mass is 32.1. The van der Waals surface area contributed by atoms with Gasteiger partial charge in [0, 0.05) is 5.69 Å². The van der Waals surface area contributed by atoms with E-state index < -0.39 is 6.09 Å². The lowest BCUT2D eigenvalue weighted by Gasteiger charge is -2.08. The number of nitrogens with one attached hydrogen (secondary N) is 2. The van der Waals surface area contributed by atoms with Crippen LogP contribution < -0.4 is 10.1 Å². The Bertz CT molecular complexity index is 1180. The van der Waals surface area contributed by atoms with Gasteiger partial charge in [-0.1, -0.05) is 29.5 Å². The lowest BCUT2D eigenvalue weighted by Crippen LogP contribution is -2.10. The molecule has 4 rings (SSSR count). The number of H-pyrrole nitrogens is 1. The molecular weight excluding hydrogens is 398 g/mol. The highest BCUT2D eigenvalue weighted by Gasteiger charge is 2.11. The van der Waals surface area contributed by atoms with Crippen molar-refractivity contribution in [2.45, 2.75) is 6.61 Å². The number of para-hydroxylation sites is 1. The molecule has 0 aliphatic carbocycles. The van der Waals surface area contributed by atoms with Gasteiger partial charge in [0.05, 0.1) is 17.3 Å². The average Bonchev–Trinajstić information content (AvgIpc) is 3.28. The highest BCUT2D eigenvalue weighted by molar-refractivity contribution is 7.71. The van der Waals surface area contributed by atoms with Crippen molar-refractivity contribution in [2.24, 2.45) is 0 Å². The number of nitrogens with zero attached hydrogens (tertiary/aromatic N) is 3. The van der Waals surface area contributed by atoms with Gasteiger partial charge in [-0.05, 0) is 42.5 Å². The minimum Gasteiger partial charge on any atom is -0.486 e. The Hall–Kier alpha value is -3.24. The fourth-order valence-corrected chi connectivity index (χ4v) is 3.74. The minimum atomic E-state index is -0.556. The molecular formula is C18H15N5O3S2. The number of hydrogen-bond donors (Lipinski definition) is 2. The van der Waals surface area contributed by atoms with Crippen molar-refractivity contribution in [3.05, 3.63) is 59.1 Å². The maximum absolute atomic E-state index is 11.3. The van der Waals surface area contributed by atoms with Crippen molar-refractivity contribution in [3.8, 4) is 11.4 Å². The zero-order valence-electron chi connectivity index (χ0n) is 14.7.